The molecule has 6 heteroatoms. The van der Waals surface area contributed by atoms with Gasteiger partial charge >= 0.3 is 5.82 Å². The predicted molar refractivity (Wildman–Crippen MR) is 77.1 cm³/mol. The molecule has 0 aliphatic carbocycles. The third-order valence-corrected chi connectivity index (χ3v) is 3.22. The number of anilines is 1. The molecule has 0 fully saturated rings. The molecule has 0 amide bonds. The van der Waals surface area contributed by atoms with Gasteiger partial charge in [0.15, 0.2) is 6.20 Å². The third-order valence-electron chi connectivity index (χ3n) is 2.69. The average molecular weight is 322 g/mol. The molecule has 5 nitrogen and oxygen atoms in total. The molecule has 2 rings (SSSR count). The number of benzene rings is 1. The Hall–Kier alpha value is -1.95. The molecule has 1 unspecified atom stereocenters. The molecule has 0 saturated carbocycles. The van der Waals surface area contributed by atoms with Gasteiger partial charge < -0.3 is 15.4 Å². The minimum Gasteiger partial charge on any atom is -0.375 e. The van der Waals surface area contributed by atoms with Gasteiger partial charge in [-0.2, -0.15) is 0 Å². The molecule has 0 saturated heterocycles. The maximum absolute atomic E-state index is 10.5. The van der Waals surface area contributed by atoms with E-state index in [0.29, 0.717) is 0 Å². The Bertz CT molecular complexity index is 569. The topological polar surface area (TPSA) is 68.1 Å². The van der Waals surface area contributed by atoms with E-state index in [-0.39, 0.29) is 11.9 Å². The molecule has 2 aromatic rings. The highest BCUT2D eigenvalue weighted by molar-refractivity contribution is 9.10. The summed E-state index contributed by atoms with van der Waals surface area (Å²) in [6.07, 6.45) is 1.47. The molecule has 19 heavy (non-hydrogen) atoms. The summed E-state index contributed by atoms with van der Waals surface area (Å²) in [6.45, 7) is 2.02. The van der Waals surface area contributed by atoms with Gasteiger partial charge in [-0.05, 0) is 40.6 Å². The molecular formula is C13H12BrN3O2. The van der Waals surface area contributed by atoms with Crippen LogP contribution < -0.4 is 5.32 Å². The van der Waals surface area contributed by atoms with Crippen molar-refractivity contribution in [2.75, 3.05) is 5.32 Å². The zero-order valence-corrected chi connectivity index (χ0v) is 11.8. The highest BCUT2D eigenvalue weighted by atomic mass is 79.9. The molecule has 1 N–H and O–H groups in total. The van der Waals surface area contributed by atoms with Gasteiger partial charge in [-0.25, -0.2) is 0 Å². The van der Waals surface area contributed by atoms with Crippen molar-refractivity contribution in [2.24, 2.45) is 0 Å². The third kappa shape index (κ3) is 3.51. The van der Waals surface area contributed by atoms with E-state index in [4.69, 9.17) is 0 Å². The molecule has 1 aromatic carbocycles. The Morgan fingerprint density at radius 2 is 1.95 bits per heavy atom. The van der Waals surface area contributed by atoms with Gasteiger partial charge in [0.2, 0.25) is 0 Å². The lowest BCUT2D eigenvalue weighted by Gasteiger charge is -2.14. The van der Waals surface area contributed by atoms with Crippen molar-refractivity contribution in [1.29, 1.82) is 0 Å². The van der Waals surface area contributed by atoms with Crippen molar-refractivity contribution in [3.05, 3.63) is 62.7 Å². The van der Waals surface area contributed by atoms with E-state index >= 15 is 0 Å². The van der Waals surface area contributed by atoms with Crippen LogP contribution >= 0.6 is 15.9 Å². The first-order chi connectivity index (χ1) is 9.06. The molecule has 0 aliphatic rings. The predicted octanol–water partition coefficient (Wildman–Crippen LogP) is 3.93. The summed E-state index contributed by atoms with van der Waals surface area (Å²) >= 11 is 3.39. The van der Waals surface area contributed by atoms with Crippen molar-refractivity contribution in [2.45, 2.75) is 13.0 Å². The summed E-state index contributed by atoms with van der Waals surface area (Å²) < 4.78 is 1.03. The summed E-state index contributed by atoms with van der Waals surface area (Å²) in [5.41, 5.74) is 1.88. The Balaban J connectivity index is 2.08. The fourth-order valence-corrected chi connectivity index (χ4v) is 1.93. The number of nitrogens with zero attached hydrogens (tertiary/aromatic N) is 2. The number of pyridine rings is 1. The number of halogens is 1. The second-order valence-corrected chi connectivity index (χ2v) is 5.00. The van der Waals surface area contributed by atoms with E-state index in [1.165, 1.54) is 12.3 Å². The van der Waals surface area contributed by atoms with E-state index in [1.54, 1.807) is 6.07 Å². The lowest BCUT2D eigenvalue weighted by molar-refractivity contribution is -0.389. The van der Waals surface area contributed by atoms with Crippen molar-refractivity contribution >= 4 is 27.4 Å². The number of rotatable bonds is 4. The Kier molecular flexibility index (Phi) is 4.11. The van der Waals surface area contributed by atoms with Crippen LogP contribution in [0, 0.1) is 10.1 Å². The van der Waals surface area contributed by atoms with Crippen molar-refractivity contribution in [3.8, 4) is 0 Å². The molecular weight excluding hydrogens is 310 g/mol. The summed E-state index contributed by atoms with van der Waals surface area (Å²) in [5, 5.41) is 13.7. The van der Waals surface area contributed by atoms with E-state index in [0.717, 1.165) is 15.7 Å². The number of aromatic nitrogens is 1. The summed E-state index contributed by atoms with van der Waals surface area (Å²) in [5.74, 6) is -0.151. The lowest BCUT2D eigenvalue weighted by atomic mass is 10.1. The quantitative estimate of drug-likeness (QED) is 0.684. The van der Waals surface area contributed by atoms with Gasteiger partial charge in [0.25, 0.3) is 0 Å². The highest BCUT2D eigenvalue weighted by Gasteiger charge is 2.09. The van der Waals surface area contributed by atoms with Crippen LogP contribution in [0.5, 0.6) is 0 Å². The van der Waals surface area contributed by atoms with E-state index < -0.39 is 4.92 Å². The zero-order chi connectivity index (χ0) is 13.8. The highest BCUT2D eigenvalue weighted by Crippen LogP contribution is 2.21. The molecule has 1 aromatic heterocycles. The number of hydrogen-bond donors (Lipinski definition) is 1. The first-order valence-corrected chi connectivity index (χ1v) is 6.48. The second kappa shape index (κ2) is 5.79. The first-order valence-electron chi connectivity index (χ1n) is 5.68. The van der Waals surface area contributed by atoms with Gasteiger partial charge in [0.1, 0.15) is 0 Å². The summed E-state index contributed by atoms with van der Waals surface area (Å²) in [6, 6.07) is 11.1. The largest absolute Gasteiger partial charge is 0.375 e. The van der Waals surface area contributed by atoms with Crippen molar-refractivity contribution in [3.63, 3.8) is 0 Å². The second-order valence-electron chi connectivity index (χ2n) is 4.08. The number of nitro groups is 1. The monoisotopic (exact) mass is 321 g/mol. The summed E-state index contributed by atoms with van der Waals surface area (Å²) in [7, 11) is 0. The van der Waals surface area contributed by atoms with Crippen LogP contribution in [0.2, 0.25) is 0 Å². The standard InChI is InChI=1S/C13H12BrN3O2/c1-9(10-2-4-11(14)5-3-10)16-12-6-7-13(15-8-12)17(18)19/h2-9,16H,1H3. The SMILES string of the molecule is CC(Nc1ccc([N+](=O)[O-])nc1)c1ccc(Br)cc1. The minimum absolute atomic E-state index is 0.0938. The Morgan fingerprint density at radius 1 is 1.26 bits per heavy atom. The van der Waals surface area contributed by atoms with Gasteiger partial charge in [0.05, 0.1) is 5.69 Å². The van der Waals surface area contributed by atoms with E-state index in [1.807, 2.05) is 31.2 Å². The normalized spacial score (nSPS) is 11.9. The van der Waals surface area contributed by atoms with Crippen LogP contribution in [-0.2, 0) is 0 Å². The lowest BCUT2D eigenvalue weighted by Crippen LogP contribution is -2.06. The van der Waals surface area contributed by atoms with E-state index in [2.05, 4.69) is 26.2 Å². The van der Waals surface area contributed by atoms with Gasteiger partial charge in [-0.3, -0.25) is 0 Å². The maximum atomic E-state index is 10.5. The van der Waals surface area contributed by atoms with Crippen LogP contribution in [0.15, 0.2) is 47.1 Å². The molecule has 0 radical (unpaired) electrons. The van der Waals surface area contributed by atoms with E-state index in [9.17, 15) is 10.1 Å². The average Bonchev–Trinajstić information content (AvgIpc) is 2.40. The van der Waals surface area contributed by atoms with Gasteiger partial charge in [-0.15, -0.1) is 0 Å². The van der Waals surface area contributed by atoms with Crippen molar-refractivity contribution in [1.82, 2.24) is 4.98 Å². The first kappa shape index (κ1) is 13.5. The fraction of sp³-hybridized carbons (Fsp3) is 0.154. The fourth-order valence-electron chi connectivity index (χ4n) is 1.66. The van der Waals surface area contributed by atoms with Crippen LogP contribution in [0.1, 0.15) is 18.5 Å². The molecule has 98 valence electrons. The smallest absolute Gasteiger partial charge is 0.363 e. The van der Waals surface area contributed by atoms with Crippen LogP contribution in [0.25, 0.3) is 0 Å². The molecule has 0 aliphatic heterocycles. The Morgan fingerprint density at radius 3 is 2.47 bits per heavy atom. The van der Waals surface area contributed by atoms with Crippen LogP contribution in [0.4, 0.5) is 11.5 Å². The van der Waals surface area contributed by atoms with Crippen LogP contribution in [-0.4, -0.2) is 9.91 Å². The van der Waals surface area contributed by atoms with Gasteiger partial charge in [0, 0.05) is 16.6 Å². The molecule has 1 atom stereocenters. The van der Waals surface area contributed by atoms with Gasteiger partial charge in [-0.1, -0.05) is 28.1 Å². The minimum atomic E-state index is -0.512. The number of nitrogens with one attached hydrogen (secondary N) is 1. The molecule has 0 bridgehead atoms. The summed E-state index contributed by atoms with van der Waals surface area (Å²) in [4.78, 5) is 13.8. The molecule has 1 heterocycles. The maximum Gasteiger partial charge on any atom is 0.363 e. The zero-order valence-electron chi connectivity index (χ0n) is 10.2. The molecule has 0 spiro atoms. The Labute approximate surface area is 119 Å². The number of hydrogen-bond acceptors (Lipinski definition) is 4. The van der Waals surface area contributed by atoms with Crippen molar-refractivity contribution < 1.29 is 4.92 Å². The van der Waals surface area contributed by atoms with Crippen LogP contribution in [0.3, 0.4) is 0 Å².